The summed E-state index contributed by atoms with van der Waals surface area (Å²) in [5.74, 6) is -2.05. The highest BCUT2D eigenvalue weighted by molar-refractivity contribution is 7.51. The Morgan fingerprint density at radius 3 is 1.52 bits per heavy atom. The van der Waals surface area contributed by atoms with Crippen molar-refractivity contribution in [3.05, 3.63) is 0 Å². The molecule has 23 heavy (non-hydrogen) atoms. The Kier molecular flexibility index (Phi) is 12.0. The summed E-state index contributed by atoms with van der Waals surface area (Å²) in [7, 11) is -3.85. The molecular formula is C14H28NO7P. The van der Waals surface area contributed by atoms with Gasteiger partial charge in [0.2, 0.25) is 0 Å². The number of nitrogens with zero attached hydrogens (tertiary/aromatic N) is 1. The average Bonchev–Trinajstić information content (AvgIpc) is 2.38. The minimum atomic E-state index is -3.85. The second-order valence-electron chi connectivity index (χ2n) is 5.71. The molecule has 0 aliphatic rings. The van der Waals surface area contributed by atoms with E-state index in [1.807, 2.05) is 0 Å². The molecule has 0 heterocycles. The van der Waals surface area contributed by atoms with E-state index in [9.17, 15) is 14.2 Å². The zero-order valence-corrected chi connectivity index (χ0v) is 14.3. The van der Waals surface area contributed by atoms with Crippen LogP contribution in [-0.2, 0) is 14.2 Å². The second kappa shape index (κ2) is 12.5. The molecule has 0 saturated heterocycles. The molecule has 0 aromatic heterocycles. The van der Waals surface area contributed by atoms with Gasteiger partial charge in [0.25, 0.3) is 0 Å². The van der Waals surface area contributed by atoms with E-state index in [1.54, 1.807) is 0 Å². The van der Waals surface area contributed by atoms with Crippen LogP contribution in [0.15, 0.2) is 0 Å². The predicted molar refractivity (Wildman–Crippen MR) is 85.6 cm³/mol. The van der Waals surface area contributed by atoms with Gasteiger partial charge in [-0.1, -0.05) is 38.5 Å². The van der Waals surface area contributed by atoms with Crippen LogP contribution >= 0.6 is 7.60 Å². The molecule has 0 spiro atoms. The summed E-state index contributed by atoms with van der Waals surface area (Å²) in [6, 6.07) is 0. The lowest BCUT2D eigenvalue weighted by molar-refractivity contribution is -0.141. The molecule has 0 aliphatic heterocycles. The van der Waals surface area contributed by atoms with Crippen molar-refractivity contribution in [1.82, 2.24) is 4.90 Å². The lowest BCUT2D eigenvalue weighted by Crippen LogP contribution is -2.35. The van der Waals surface area contributed by atoms with Gasteiger partial charge in [0.05, 0.1) is 13.1 Å². The SMILES string of the molecule is O=C(O)CN(CCCCCCCCCCP(=O)(O)O)CC(=O)O. The summed E-state index contributed by atoms with van der Waals surface area (Å²) < 4.78 is 10.6. The Morgan fingerprint density at radius 1 is 0.739 bits per heavy atom. The number of unbranched alkanes of at least 4 members (excludes halogenated alkanes) is 7. The van der Waals surface area contributed by atoms with E-state index in [0.29, 0.717) is 13.0 Å². The topological polar surface area (TPSA) is 135 Å². The van der Waals surface area contributed by atoms with Crippen LogP contribution in [0.1, 0.15) is 51.4 Å². The van der Waals surface area contributed by atoms with E-state index in [4.69, 9.17) is 20.0 Å². The third kappa shape index (κ3) is 17.2. The fourth-order valence-corrected chi connectivity index (χ4v) is 2.95. The first-order valence-electron chi connectivity index (χ1n) is 7.91. The molecule has 0 atom stereocenters. The van der Waals surface area contributed by atoms with Crippen LogP contribution in [0.2, 0.25) is 0 Å². The lowest BCUT2D eigenvalue weighted by Gasteiger charge is -2.17. The Bertz CT molecular complexity index is 381. The fraction of sp³-hybridized carbons (Fsp3) is 0.857. The van der Waals surface area contributed by atoms with E-state index < -0.39 is 19.5 Å². The normalized spacial score (nSPS) is 11.8. The highest BCUT2D eigenvalue weighted by Crippen LogP contribution is 2.35. The van der Waals surface area contributed by atoms with Crippen molar-refractivity contribution in [3.63, 3.8) is 0 Å². The summed E-state index contributed by atoms with van der Waals surface area (Å²) >= 11 is 0. The Hall–Kier alpha value is -0.950. The first kappa shape index (κ1) is 22.1. The minimum Gasteiger partial charge on any atom is -0.480 e. The number of carboxylic acid groups (broad SMARTS) is 2. The van der Waals surface area contributed by atoms with Gasteiger partial charge >= 0.3 is 19.5 Å². The second-order valence-corrected chi connectivity index (χ2v) is 7.49. The number of aliphatic carboxylic acids is 2. The molecule has 4 N–H and O–H groups in total. The van der Waals surface area contributed by atoms with Crippen LogP contribution in [0, 0.1) is 0 Å². The van der Waals surface area contributed by atoms with Gasteiger partial charge in [-0.25, -0.2) is 0 Å². The minimum absolute atomic E-state index is 0.0456. The molecule has 0 aromatic rings. The largest absolute Gasteiger partial charge is 0.480 e. The van der Waals surface area contributed by atoms with Gasteiger partial charge in [0.1, 0.15) is 0 Å². The maximum Gasteiger partial charge on any atom is 0.325 e. The van der Waals surface area contributed by atoms with Gasteiger partial charge in [-0.15, -0.1) is 0 Å². The molecule has 0 fully saturated rings. The van der Waals surface area contributed by atoms with Crippen LogP contribution in [0.4, 0.5) is 0 Å². The summed E-state index contributed by atoms with van der Waals surface area (Å²) in [6.45, 7) is -0.0569. The van der Waals surface area contributed by atoms with Gasteiger partial charge in [0, 0.05) is 6.16 Å². The van der Waals surface area contributed by atoms with Crippen molar-refractivity contribution in [2.75, 3.05) is 25.8 Å². The van der Waals surface area contributed by atoms with Crippen LogP contribution < -0.4 is 0 Å². The van der Waals surface area contributed by atoms with Gasteiger partial charge in [0.15, 0.2) is 0 Å². The first-order chi connectivity index (χ1) is 10.7. The van der Waals surface area contributed by atoms with Crippen molar-refractivity contribution < 1.29 is 34.2 Å². The number of rotatable bonds is 15. The third-order valence-corrected chi connectivity index (χ3v) is 4.29. The predicted octanol–water partition coefficient (Wildman–Crippen LogP) is 1.76. The summed E-state index contributed by atoms with van der Waals surface area (Å²) in [5, 5.41) is 17.4. The third-order valence-electron chi connectivity index (χ3n) is 3.39. The number of carboxylic acids is 2. The highest BCUT2D eigenvalue weighted by Gasteiger charge is 2.13. The Morgan fingerprint density at radius 2 is 1.13 bits per heavy atom. The first-order valence-corrected chi connectivity index (χ1v) is 9.71. The molecule has 0 aliphatic carbocycles. The van der Waals surface area contributed by atoms with Crippen LogP contribution in [0.3, 0.4) is 0 Å². The molecule has 0 rings (SSSR count). The monoisotopic (exact) mass is 353 g/mol. The van der Waals surface area contributed by atoms with E-state index >= 15 is 0 Å². The standard InChI is InChI=1S/C14H28NO7P/c16-13(17)11-15(12-14(18)19)9-7-5-3-1-2-4-6-8-10-23(20,21)22/h1-12H2,(H,16,17)(H,18,19)(H2,20,21,22). The molecule has 0 bridgehead atoms. The molecule has 0 saturated carbocycles. The Labute approximate surface area is 136 Å². The molecule has 9 heteroatoms. The number of hydrogen-bond donors (Lipinski definition) is 4. The molecule has 8 nitrogen and oxygen atoms in total. The van der Waals surface area contributed by atoms with Gasteiger partial charge in [-0.3, -0.25) is 19.1 Å². The summed E-state index contributed by atoms with van der Waals surface area (Å²) in [4.78, 5) is 40.1. The summed E-state index contributed by atoms with van der Waals surface area (Å²) in [5.41, 5.74) is 0. The van der Waals surface area contributed by atoms with Crippen molar-refractivity contribution in [1.29, 1.82) is 0 Å². The zero-order valence-electron chi connectivity index (χ0n) is 13.4. The zero-order chi connectivity index (χ0) is 17.7. The van der Waals surface area contributed by atoms with Gasteiger partial charge < -0.3 is 20.0 Å². The maximum absolute atomic E-state index is 10.6. The molecule has 0 amide bonds. The number of hydrogen-bond acceptors (Lipinski definition) is 4. The number of carbonyl (C=O) groups is 2. The van der Waals surface area contributed by atoms with E-state index in [0.717, 1.165) is 44.9 Å². The van der Waals surface area contributed by atoms with E-state index in [2.05, 4.69) is 0 Å². The van der Waals surface area contributed by atoms with Gasteiger partial charge in [-0.2, -0.15) is 0 Å². The quantitative estimate of drug-likeness (QED) is 0.258. The molecule has 0 aromatic carbocycles. The fourth-order valence-electron chi connectivity index (χ4n) is 2.31. The van der Waals surface area contributed by atoms with Crippen LogP contribution in [0.5, 0.6) is 0 Å². The van der Waals surface area contributed by atoms with Crippen LogP contribution in [0.25, 0.3) is 0 Å². The van der Waals surface area contributed by atoms with Gasteiger partial charge in [-0.05, 0) is 19.4 Å². The van der Waals surface area contributed by atoms with Crippen molar-refractivity contribution in [2.24, 2.45) is 0 Å². The maximum atomic E-state index is 10.6. The van der Waals surface area contributed by atoms with Crippen molar-refractivity contribution >= 4 is 19.5 Å². The molecule has 136 valence electrons. The smallest absolute Gasteiger partial charge is 0.325 e. The molecule has 0 unspecified atom stereocenters. The summed E-state index contributed by atoms with van der Waals surface area (Å²) in [6.07, 6.45) is 6.96. The van der Waals surface area contributed by atoms with Crippen LogP contribution in [-0.4, -0.2) is 62.6 Å². The van der Waals surface area contributed by atoms with E-state index in [-0.39, 0.29) is 19.3 Å². The van der Waals surface area contributed by atoms with E-state index in [1.165, 1.54) is 4.90 Å². The molecular weight excluding hydrogens is 325 g/mol. The van der Waals surface area contributed by atoms with Crippen molar-refractivity contribution in [3.8, 4) is 0 Å². The Balaban J connectivity index is 3.54. The van der Waals surface area contributed by atoms with Crippen molar-refractivity contribution in [2.45, 2.75) is 51.4 Å². The lowest BCUT2D eigenvalue weighted by atomic mass is 10.1. The average molecular weight is 353 g/mol. The molecule has 0 radical (unpaired) electrons. The highest BCUT2D eigenvalue weighted by atomic mass is 31.2.